The van der Waals surface area contributed by atoms with E-state index < -0.39 is 0 Å². The highest BCUT2D eigenvalue weighted by Gasteiger charge is 2.19. The summed E-state index contributed by atoms with van der Waals surface area (Å²) in [6, 6.07) is 13.7. The highest BCUT2D eigenvalue weighted by molar-refractivity contribution is 5.95. The van der Waals surface area contributed by atoms with Crippen LogP contribution in [-0.4, -0.2) is 60.9 Å². The first-order valence-electron chi connectivity index (χ1n) is 11.8. The van der Waals surface area contributed by atoms with Crippen LogP contribution in [0.1, 0.15) is 5.56 Å². The molecule has 6 heterocycles. The van der Waals surface area contributed by atoms with Gasteiger partial charge in [-0.2, -0.15) is 5.10 Å². The first kappa shape index (κ1) is 21.5. The van der Waals surface area contributed by atoms with E-state index in [4.69, 9.17) is 19.4 Å². The number of ether oxygens (including phenoxy) is 2. The number of hydrogen-bond acceptors (Lipinski definition) is 8. The molecule has 37 heavy (non-hydrogen) atoms. The van der Waals surface area contributed by atoms with Crippen molar-refractivity contribution in [3.63, 3.8) is 0 Å². The van der Waals surface area contributed by atoms with Crippen molar-refractivity contribution in [2.45, 2.75) is 6.54 Å². The predicted octanol–water partition coefficient (Wildman–Crippen LogP) is 4.42. The van der Waals surface area contributed by atoms with E-state index in [1.54, 1.807) is 6.20 Å². The van der Waals surface area contributed by atoms with Crippen molar-refractivity contribution in [3.05, 3.63) is 66.6 Å². The van der Waals surface area contributed by atoms with E-state index in [2.05, 4.69) is 36.1 Å². The third-order valence-corrected chi connectivity index (χ3v) is 6.27. The van der Waals surface area contributed by atoms with Crippen LogP contribution in [0.4, 0.5) is 0 Å². The van der Waals surface area contributed by atoms with Crippen LogP contribution in [0.2, 0.25) is 0 Å². The monoisotopic (exact) mass is 490 g/mol. The first-order valence-corrected chi connectivity index (χ1v) is 11.8. The second-order valence-corrected chi connectivity index (χ2v) is 9.19. The molecule has 0 fully saturated rings. The summed E-state index contributed by atoms with van der Waals surface area (Å²) in [6.45, 7) is 1.03. The van der Waals surface area contributed by atoms with E-state index in [0.29, 0.717) is 17.3 Å². The molecule has 2 N–H and O–H groups in total. The molecule has 5 aromatic heterocycles. The van der Waals surface area contributed by atoms with Crippen LogP contribution < -0.4 is 9.47 Å². The molecule has 7 rings (SSSR count). The van der Waals surface area contributed by atoms with E-state index in [9.17, 15) is 0 Å². The van der Waals surface area contributed by atoms with Crippen molar-refractivity contribution in [1.29, 1.82) is 0 Å². The Hall–Kier alpha value is -4.83. The number of fused-ring (bicyclic) bond motifs is 3. The number of rotatable bonds is 5. The molecule has 10 heteroatoms. The summed E-state index contributed by atoms with van der Waals surface area (Å²) < 4.78 is 11.0. The molecule has 0 atom stereocenters. The summed E-state index contributed by atoms with van der Waals surface area (Å²) in [5.41, 5.74) is 8.32. The Morgan fingerprint density at radius 1 is 0.865 bits per heavy atom. The minimum absolute atomic E-state index is 0.222. The lowest BCUT2D eigenvalue weighted by atomic mass is 10.1. The van der Waals surface area contributed by atoms with Gasteiger partial charge in [-0.05, 0) is 62.1 Å². The van der Waals surface area contributed by atoms with Gasteiger partial charge in [0.1, 0.15) is 11.0 Å². The predicted molar refractivity (Wildman–Crippen MR) is 139 cm³/mol. The van der Waals surface area contributed by atoms with Gasteiger partial charge in [0.2, 0.25) is 6.79 Å². The lowest BCUT2D eigenvalue weighted by Gasteiger charge is -2.10. The molecule has 0 saturated heterocycles. The molecule has 0 spiro atoms. The maximum atomic E-state index is 5.55. The Morgan fingerprint density at radius 3 is 2.68 bits per heavy atom. The van der Waals surface area contributed by atoms with E-state index in [-0.39, 0.29) is 6.79 Å². The Balaban J connectivity index is 1.31. The van der Waals surface area contributed by atoms with E-state index >= 15 is 0 Å². The fourth-order valence-electron chi connectivity index (χ4n) is 4.61. The number of nitrogens with zero attached hydrogens (tertiary/aromatic N) is 6. The Bertz CT molecular complexity index is 1790. The van der Waals surface area contributed by atoms with E-state index in [0.717, 1.165) is 62.4 Å². The standard InChI is InChI=1S/C27H22N8O2/c1-35(2)13-15-9-17(12-28-11-15)18-4-5-20-25(30-18)26(34-33-20)27-31-19-7-8-29-23(24(19)32-27)16-3-6-21-22(10-16)37-14-36-21/h3-12H,13-14H2,1-2H3,(H,31,32)(H,33,34). The topological polar surface area (TPSA) is 118 Å². The van der Waals surface area contributed by atoms with Crippen LogP contribution in [0.3, 0.4) is 0 Å². The molecule has 0 radical (unpaired) electrons. The van der Waals surface area contributed by atoms with Gasteiger partial charge in [0.15, 0.2) is 23.0 Å². The summed E-state index contributed by atoms with van der Waals surface area (Å²) in [5, 5.41) is 7.62. The minimum Gasteiger partial charge on any atom is -0.454 e. The van der Waals surface area contributed by atoms with Crippen molar-refractivity contribution < 1.29 is 9.47 Å². The van der Waals surface area contributed by atoms with Gasteiger partial charge in [-0.3, -0.25) is 15.1 Å². The van der Waals surface area contributed by atoms with Gasteiger partial charge in [-0.15, -0.1) is 0 Å². The molecule has 1 aromatic carbocycles. The van der Waals surface area contributed by atoms with Crippen molar-refractivity contribution in [1.82, 2.24) is 40.0 Å². The quantitative estimate of drug-likeness (QED) is 0.365. The number of imidazole rings is 1. The molecule has 0 bridgehead atoms. The van der Waals surface area contributed by atoms with Crippen molar-refractivity contribution >= 4 is 22.1 Å². The second-order valence-electron chi connectivity index (χ2n) is 9.19. The van der Waals surface area contributed by atoms with Gasteiger partial charge in [0.05, 0.1) is 22.4 Å². The number of aromatic nitrogens is 7. The van der Waals surface area contributed by atoms with Crippen LogP contribution >= 0.6 is 0 Å². The van der Waals surface area contributed by atoms with Crippen LogP contribution in [0.15, 0.2) is 61.1 Å². The number of H-pyrrole nitrogens is 2. The van der Waals surface area contributed by atoms with Gasteiger partial charge < -0.3 is 19.4 Å². The molecular weight excluding hydrogens is 468 g/mol. The number of pyridine rings is 3. The molecule has 1 aliphatic rings. The lowest BCUT2D eigenvalue weighted by molar-refractivity contribution is 0.174. The second kappa shape index (κ2) is 8.38. The van der Waals surface area contributed by atoms with Crippen LogP contribution in [-0.2, 0) is 6.54 Å². The first-order chi connectivity index (χ1) is 18.1. The van der Waals surface area contributed by atoms with Crippen LogP contribution in [0.25, 0.3) is 56.1 Å². The van der Waals surface area contributed by atoms with Gasteiger partial charge in [0.25, 0.3) is 0 Å². The third kappa shape index (κ3) is 3.74. The highest BCUT2D eigenvalue weighted by Crippen LogP contribution is 2.37. The smallest absolute Gasteiger partial charge is 0.231 e. The Kier molecular flexibility index (Phi) is 4.86. The normalized spacial score (nSPS) is 12.7. The highest BCUT2D eigenvalue weighted by atomic mass is 16.7. The fourth-order valence-corrected chi connectivity index (χ4v) is 4.61. The van der Waals surface area contributed by atoms with Gasteiger partial charge in [0, 0.05) is 36.3 Å². The molecule has 0 saturated carbocycles. The Morgan fingerprint density at radius 2 is 1.76 bits per heavy atom. The molecule has 0 amide bonds. The summed E-state index contributed by atoms with van der Waals surface area (Å²) >= 11 is 0. The summed E-state index contributed by atoms with van der Waals surface area (Å²) in [6.07, 6.45) is 5.47. The van der Waals surface area contributed by atoms with Crippen molar-refractivity contribution in [2.24, 2.45) is 0 Å². The van der Waals surface area contributed by atoms with E-state index in [1.165, 1.54) is 0 Å². The van der Waals surface area contributed by atoms with Gasteiger partial charge in [-0.1, -0.05) is 0 Å². The summed E-state index contributed by atoms with van der Waals surface area (Å²) in [4.78, 5) is 24.4. The third-order valence-electron chi connectivity index (χ3n) is 6.27. The maximum absolute atomic E-state index is 5.55. The molecular formula is C27H22N8O2. The van der Waals surface area contributed by atoms with E-state index in [1.807, 2.05) is 62.9 Å². The van der Waals surface area contributed by atoms with Crippen molar-refractivity contribution in [2.75, 3.05) is 20.9 Å². The van der Waals surface area contributed by atoms with Gasteiger partial charge in [-0.25, -0.2) is 9.97 Å². The van der Waals surface area contributed by atoms with Crippen LogP contribution in [0.5, 0.6) is 11.5 Å². The zero-order chi connectivity index (χ0) is 24.9. The maximum Gasteiger partial charge on any atom is 0.231 e. The average Bonchev–Trinajstić information content (AvgIpc) is 3.65. The minimum atomic E-state index is 0.222. The zero-order valence-corrected chi connectivity index (χ0v) is 20.2. The molecule has 6 aromatic rings. The Labute approximate surface area is 211 Å². The molecule has 10 nitrogen and oxygen atoms in total. The van der Waals surface area contributed by atoms with Crippen molar-refractivity contribution in [3.8, 4) is 45.5 Å². The number of hydrogen-bond donors (Lipinski definition) is 2. The fraction of sp³-hybridized carbons (Fsp3) is 0.148. The zero-order valence-electron chi connectivity index (χ0n) is 20.2. The molecule has 1 aliphatic heterocycles. The molecule has 0 unspecified atom stereocenters. The van der Waals surface area contributed by atoms with Gasteiger partial charge >= 0.3 is 0 Å². The summed E-state index contributed by atoms with van der Waals surface area (Å²) in [7, 11) is 4.07. The SMILES string of the molecule is CN(C)Cc1cncc(-c2ccc3[nH]nc(-c4nc5c(-c6ccc7c(c6)OCO7)nccc5[nH]4)c3n2)c1. The van der Waals surface area contributed by atoms with Crippen LogP contribution in [0, 0.1) is 0 Å². The lowest BCUT2D eigenvalue weighted by Crippen LogP contribution is -2.10. The number of aromatic amines is 2. The number of nitrogens with one attached hydrogen (secondary N) is 2. The molecule has 0 aliphatic carbocycles. The molecule has 182 valence electrons. The largest absolute Gasteiger partial charge is 0.454 e. The summed E-state index contributed by atoms with van der Waals surface area (Å²) in [5.74, 6) is 2.04. The number of benzene rings is 1. The average molecular weight is 491 g/mol.